The highest BCUT2D eigenvalue weighted by Gasteiger charge is 2.36. The van der Waals surface area contributed by atoms with Crippen LogP contribution in [0, 0.1) is 23.7 Å². The molecule has 0 heterocycles. The maximum absolute atomic E-state index is 13.6. The third kappa shape index (κ3) is 12.8. The highest BCUT2D eigenvalue weighted by Crippen LogP contribution is 2.32. The van der Waals surface area contributed by atoms with Crippen molar-refractivity contribution in [3.63, 3.8) is 0 Å². The number of primary amides is 1. The maximum Gasteiger partial charge on any atom is 0.407 e. The molecule has 7 nitrogen and oxygen atoms in total. The molecule has 4 N–H and O–H groups in total. The minimum absolute atomic E-state index is 0.0151. The fourth-order valence-electron chi connectivity index (χ4n) is 5.76. The van der Waals surface area contributed by atoms with Gasteiger partial charge in [0.15, 0.2) is 0 Å². The largest absolute Gasteiger partial charge is 0.444 e. The number of hydrogen-bond donors (Lipinski definition) is 3. The molecule has 0 spiro atoms. The van der Waals surface area contributed by atoms with E-state index >= 15 is 0 Å². The molecule has 2 fully saturated rings. The molecule has 3 amide bonds. The first-order valence-corrected chi connectivity index (χ1v) is 14.1. The molecule has 0 aromatic heterocycles. The van der Waals surface area contributed by atoms with Gasteiger partial charge in [-0.25, -0.2) is 4.79 Å². The molecule has 0 bridgehead atoms. The molecule has 3 atom stereocenters. The predicted molar refractivity (Wildman–Crippen MR) is 146 cm³/mol. The van der Waals surface area contributed by atoms with Crippen LogP contribution in [0.1, 0.15) is 112 Å². The molecule has 0 aromatic rings. The zero-order chi connectivity index (χ0) is 27.1. The van der Waals surface area contributed by atoms with E-state index in [1.54, 1.807) is 0 Å². The lowest BCUT2D eigenvalue weighted by molar-refractivity contribution is -0.128. The Kier molecular flexibility index (Phi) is 14.8. The number of nitrogens with one attached hydrogen (secondary N) is 2. The van der Waals surface area contributed by atoms with Crippen LogP contribution < -0.4 is 16.4 Å². The summed E-state index contributed by atoms with van der Waals surface area (Å²) in [6.45, 7) is 13.8. The van der Waals surface area contributed by atoms with E-state index in [0.29, 0.717) is 11.8 Å². The Morgan fingerprint density at radius 2 is 1.42 bits per heavy atom. The van der Waals surface area contributed by atoms with Gasteiger partial charge in [-0.1, -0.05) is 84.1 Å². The van der Waals surface area contributed by atoms with Crippen molar-refractivity contribution in [3.05, 3.63) is 12.7 Å². The van der Waals surface area contributed by atoms with Crippen LogP contribution in [-0.2, 0) is 14.3 Å². The first kappa shape index (κ1) is 32.0. The smallest absolute Gasteiger partial charge is 0.407 e. The molecule has 0 saturated heterocycles. The highest BCUT2D eigenvalue weighted by atomic mass is 16.6. The van der Waals surface area contributed by atoms with Gasteiger partial charge in [0, 0.05) is 12.1 Å². The minimum atomic E-state index is -0.566. The average molecular weight is 508 g/mol. The number of carbonyl (C=O) groups is 3. The standard InChI is InChI=1S/C28H50N2O3.CH3NO/c1-7-23(18-21-14-10-8-11-15-21)29-26(31)25(20(2)3)24(19-22-16-12-9-13-17-22)30-27(32)33-28(4,5)6;2-1-3/h7,20-25H,1,8-19H2,2-6H3,(H,29,31)(H,30,32);1H,(H2,2,3)/t23?,24-,25+;/m0./s1. The SMILES string of the molecule is C=CC(CC1CCCCC1)NC(=O)[C@H](C(C)C)[C@H](CC1CCCCC1)NC(=O)OC(C)(C)C.NC=O. The van der Waals surface area contributed by atoms with Crippen LogP contribution >= 0.6 is 0 Å². The molecule has 1 unspecified atom stereocenters. The fraction of sp³-hybridized carbons (Fsp3) is 0.828. The Labute approximate surface area is 219 Å². The second-order valence-corrected chi connectivity index (χ2v) is 12.0. The van der Waals surface area contributed by atoms with E-state index in [2.05, 4.69) is 36.8 Å². The molecule has 7 heteroatoms. The van der Waals surface area contributed by atoms with E-state index in [1.165, 1.54) is 64.2 Å². The van der Waals surface area contributed by atoms with Crippen molar-refractivity contribution in [2.45, 2.75) is 129 Å². The van der Waals surface area contributed by atoms with Gasteiger partial charge in [0.05, 0.1) is 5.92 Å². The summed E-state index contributed by atoms with van der Waals surface area (Å²) in [5.41, 5.74) is 3.60. The van der Waals surface area contributed by atoms with Gasteiger partial charge in [-0.2, -0.15) is 0 Å². The second kappa shape index (κ2) is 16.6. The molecule has 0 radical (unpaired) electrons. The number of alkyl carbamates (subject to hydrolysis) is 1. The monoisotopic (exact) mass is 507 g/mol. The van der Waals surface area contributed by atoms with Crippen molar-refractivity contribution in [1.82, 2.24) is 10.6 Å². The number of amides is 3. The summed E-state index contributed by atoms with van der Waals surface area (Å²) in [6, 6.07) is -0.248. The zero-order valence-electron chi connectivity index (χ0n) is 23.5. The molecule has 2 saturated carbocycles. The van der Waals surface area contributed by atoms with Gasteiger partial charge < -0.3 is 21.1 Å². The first-order chi connectivity index (χ1) is 17.0. The summed E-state index contributed by atoms with van der Waals surface area (Å²) in [6.07, 6.45) is 16.0. The molecule has 2 aliphatic rings. The molecule has 208 valence electrons. The number of ether oxygens (including phenoxy) is 1. The summed E-state index contributed by atoms with van der Waals surface area (Å²) in [7, 11) is 0. The Bertz CT molecular complexity index is 662. The maximum atomic E-state index is 13.6. The first-order valence-electron chi connectivity index (χ1n) is 14.1. The van der Waals surface area contributed by atoms with E-state index in [-0.39, 0.29) is 36.2 Å². The van der Waals surface area contributed by atoms with Gasteiger partial charge in [-0.05, 0) is 51.4 Å². The van der Waals surface area contributed by atoms with Crippen molar-refractivity contribution in [1.29, 1.82) is 0 Å². The minimum Gasteiger partial charge on any atom is -0.444 e. The predicted octanol–water partition coefficient (Wildman–Crippen LogP) is 5.87. The number of hydrogen-bond acceptors (Lipinski definition) is 4. The van der Waals surface area contributed by atoms with E-state index in [9.17, 15) is 9.59 Å². The van der Waals surface area contributed by atoms with Crippen molar-refractivity contribution in [2.75, 3.05) is 0 Å². The van der Waals surface area contributed by atoms with E-state index < -0.39 is 11.7 Å². The molecular formula is C29H53N3O4. The molecule has 36 heavy (non-hydrogen) atoms. The Morgan fingerprint density at radius 1 is 0.944 bits per heavy atom. The van der Waals surface area contributed by atoms with Crippen molar-refractivity contribution >= 4 is 18.4 Å². The van der Waals surface area contributed by atoms with Crippen LogP contribution in [0.25, 0.3) is 0 Å². The molecule has 0 aliphatic heterocycles. The molecule has 2 aliphatic carbocycles. The average Bonchev–Trinajstić information content (AvgIpc) is 2.79. The Balaban J connectivity index is 0.00000205. The van der Waals surface area contributed by atoms with Crippen LogP contribution in [-0.4, -0.2) is 36.1 Å². The zero-order valence-corrected chi connectivity index (χ0v) is 23.5. The van der Waals surface area contributed by atoms with Crippen molar-refractivity contribution in [3.8, 4) is 0 Å². The van der Waals surface area contributed by atoms with Crippen LogP contribution in [0.4, 0.5) is 4.79 Å². The lowest BCUT2D eigenvalue weighted by Crippen LogP contribution is -2.52. The molecular weight excluding hydrogens is 454 g/mol. The Morgan fingerprint density at radius 3 is 1.83 bits per heavy atom. The third-order valence-corrected chi connectivity index (χ3v) is 7.39. The summed E-state index contributed by atoms with van der Waals surface area (Å²) < 4.78 is 5.57. The molecule has 2 rings (SSSR count). The van der Waals surface area contributed by atoms with E-state index in [0.717, 1.165) is 12.8 Å². The summed E-state index contributed by atoms with van der Waals surface area (Å²) in [4.78, 5) is 34.9. The summed E-state index contributed by atoms with van der Waals surface area (Å²) >= 11 is 0. The number of carbonyl (C=O) groups excluding carboxylic acids is 3. The van der Waals surface area contributed by atoms with E-state index in [1.807, 2.05) is 26.8 Å². The van der Waals surface area contributed by atoms with Gasteiger partial charge in [0.25, 0.3) is 0 Å². The topological polar surface area (TPSA) is 111 Å². The van der Waals surface area contributed by atoms with Gasteiger partial charge in [0.1, 0.15) is 5.60 Å². The second-order valence-electron chi connectivity index (χ2n) is 12.0. The van der Waals surface area contributed by atoms with Crippen molar-refractivity contribution < 1.29 is 19.1 Å². The number of rotatable bonds is 10. The van der Waals surface area contributed by atoms with E-state index in [4.69, 9.17) is 9.53 Å². The van der Waals surface area contributed by atoms with Crippen LogP contribution in [0.3, 0.4) is 0 Å². The summed E-state index contributed by atoms with van der Waals surface area (Å²) in [5, 5.41) is 6.39. The lowest BCUT2D eigenvalue weighted by atomic mass is 9.78. The van der Waals surface area contributed by atoms with Crippen LogP contribution in [0.5, 0.6) is 0 Å². The summed E-state index contributed by atoms with van der Waals surface area (Å²) in [5.74, 6) is 1.05. The fourth-order valence-corrected chi connectivity index (χ4v) is 5.76. The van der Waals surface area contributed by atoms with Gasteiger partial charge >= 0.3 is 6.09 Å². The van der Waals surface area contributed by atoms with Gasteiger partial charge in [-0.3, -0.25) is 9.59 Å². The third-order valence-electron chi connectivity index (χ3n) is 7.39. The normalized spacial score (nSPS) is 19.7. The lowest BCUT2D eigenvalue weighted by Gasteiger charge is -2.35. The Hall–Kier alpha value is -2.05. The van der Waals surface area contributed by atoms with Crippen LogP contribution in [0.2, 0.25) is 0 Å². The quantitative estimate of drug-likeness (QED) is 0.254. The van der Waals surface area contributed by atoms with Crippen molar-refractivity contribution in [2.24, 2.45) is 29.4 Å². The van der Waals surface area contributed by atoms with Gasteiger partial charge in [0.2, 0.25) is 12.3 Å². The molecule has 0 aromatic carbocycles. The highest BCUT2D eigenvalue weighted by molar-refractivity contribution is 5.81. The number of nitrogens with two attached hydrogens (primary N) is 1. The van der Waals surface area contributed by atoms with Gasteiger partial charge in [-0.15, -0.1) is 6.58 Å². The van der Waals surface area contributed by atoms with Crippen LogP contribution in [0.15, 0.2) is 12.7 Å².